The monoisotopic (exact) mass is 235 g/mol. The summed E-state index contributed by atoms with van der Waals surface area (Å²) in [5, 5.41) is 8.29. The summed E-state index contributed by atoms with van der Waals surface area (Å²) < 4.78 is 1.89. The smallest absolute Gasteiger partial charge is 0.128 e. The third-order valence-electron chi connectivity index (χ3n) is 3.17. The van der Waals surface area contributed by atoms with Crippen LogP contribution in [0.25, 0.3) is 5.70 Å². The third kappa shape index (κ3) is 2.85. The molecule has 0 amide bonds. The molecule has 1 aliphatic rings. The van der Waals surface area contributed by atoms with E-state index in [4.69, 9.17) is 0 Å². The minimum absolute atomic E-state index is 0.906. The van der Waals surface area contributed by atoms with Crippen LogP contribution in [0.1, 0.15) is 19.0 Å². The van der Waals surface area contributed by atoms with E-state index in [0.717, 1.165) is 50.5 Å². The Morgan fingerprint density at radius 3 is 2.71 bits per heavy atom. The van der Waals surface area contributed by atoms with Crippen LogP contribution < -0.4 is 0 Å². The predicted octanol–water partition coefficient (Wildman–Crippen LogP) is 0.906. The fourth-order valence-electron chi connectivity index (χ4n) is 2.01. The highest BCUT2D eigenvalue weighted by Gasteiger charge is 2.17. The minimum Gasteiger partial charge on any atom is -0.368 e. The van der Waals surface area contributed by atoms with Gasteiger partial charge in [-0.25, -0.2) is 0 Å². The van der Waals surface area contributed by atoms with Gasteiger partial charge in [-0.15, -0.1) is 5.10 Å². The molecule has 0 aliphatic carbocycles. The first-order chi connectivity index (χ1) is 8.20. The van der Waals surface area contributed by atoms with Gasteiger partial charge in [-0.3, -0.25) is 4.68 Å². The van der Waals surface area contributed by atoms with E-state index < -0.39 is 0 Å². The zero-order valence-electron chi connectivity index (χ0n) is 10.8. The molecule has 1 fully saturated rings. The van der Waals surface area contributed by atoms with Gasteiger partial charge in [0.15, 0.2) is 0 Å². The lowest BCUT2D eigenvalue weighted by molar-refractivity contribution is 0.207. The maximum absolute atomic E-state index is 4.19. The topological polar surface area (TPSA) is 37.2 Å². The first-order valence-electron chi connectivity index (χ1n) is 6.23. The van der Waals surface area contributed by atoms with Crippen LogP contribution in [0.15, 0.2) is 12.8 Å². The number of aryl methyl sites for hydroxylation is 1. The standard InChI is InChI=1S/C12H21N5/c1-4-5-17-10-12(13-14-17)11(2)16-8-6-15(3)7-9-16/h10H,2,4-9H2,1,3H3. The highest BCUT2D eigenvalue weighted by Crippen LogP contribution is 2.16. The molecule has 0 saturated carbocycles. The molecule has 0 atom stereocenters. The molecule has 1 aromatic heterocycles. The summed E-state index contributed by atoms with van der Waals surface area (Å²) >= 11 is 0. The number of aromatic nitrogens is 3. The molecule has 5 nitrogen and oxygen atoms in total. The molecule has 0 unspecified atom stereocenters. The molecule has 0 N–H and O–H groups in total. The molecule has 5 heteroatoms. The Bertz CT molecular complexity index is 376. The van der Waals surface area contributed by atoms with Crippen LogP contribution in [0.5, 0.6) is 0 Å². The molecule has 1 aliphatic heterocycles. The summed E-state index contributed by atoms with van der Waals surface area (Å²) in [6, 6.07) is 0. The Morgan fingerprint density at radius 2 is 2.06 bits per heavy atom. The highest BCUT2D eigenvalue weighted by molar-refractivity contribution is 5.57. The Morgan fingerprint density at radius 1 is 1.35 bits per heavy atom. The van der Waals surface area contributed by atoms with E-state index >= 15 is 0 Å². The molecule has 17 heavy (non-hydrogen) atoms. The van der Waals surface area contributed by atoms with E-state index in [9.17, 15) is 0 Å². The van der Waals surface area contributed by atoms with Crippen molar-refractivity contribution in [2.75, 3.05) is 33.2 Å². The van der Waals surface area contributed by atoms with Crippen molar-refractivity contribution in [3.05, 3.63) is 18.5 Å². The molecule has 2 rings (SSSR count). The van der Waals surface area contributed by atoms with Gasteiger partial charge >= 0.3 is 0 Å². The maximum atomic E-state index is 4.19. The molecular formula is C12H21N5. The second-order valence-electron chi connectivity index (χ2n) is 4.60. The van der Waals surface area contributed by atoms with Gasteiger partial charge in [-0.1, -0.05) is 18.7 Å². The van der Waals surface area contributed by atoms with Crippen LogP contribution in [0.4, 0.5) is 0 Å². The number of hydrogen-bond donors (Lipinski definition) is 0. The average molecular weight is 235 g/mol. The summed E-state index contributed by atoms with van der Waals surface area (Å²) in [5.41, 5.74) is 1.91. The predicted molar refractivity (Wildman–Crippen MR) is 68.4 cm³/mol. The number of rotatable bonds is 4. The SMILES string of the molecule is C=C(c1cn(CCC)nn1)N1CCN(C)CC1. The number of piperazine rings is 1. The Balaban J connectivity index is 1.98. The molecule has 0 aromatic carbocycles. The van der Waals surface area contributed by atoms with Gasteiger partial charge in [-0.2, -0.15) is 0 Å². The van der Waals surface area contributed by atoms with Crippen molar-refractivity contribution in [2.45, 2.75) is 19.9 Å². The molecule has 94 valence electrons. The zero-order chi connectivity index (χ0) is 12.3. The third-order valence-corrected chi connectivity index (χ3v) is 3.17. The minimum atomic E-state index is 0.906. The maximum Gasteiger partial charge on any atom is 0.128 e. The molecule has 0 bridgehead atoms. The van der Waals surface area contributed by atoms with Crippen LogP contribution in [0.2, 0.25) is 0 Å². The lowest BCUT2D eigenvalue weighted by Gasteiger charge is -2.34. The number of nitrogens with zero attached hydrogens (tertiary/aromatic N) is 5. The quantitative estimate of drug-likeness (QED) is 0.777. The summed E-state index contributed by atoms with van der Waals surface area (Å²) in [7, 11) is 2.15. The van der Waals surface area contributed by atoms with Gasteiger partial charge in [-0.05, 0) is 13.5 Å². The summed E-state index contributed by atoms with van der Waals surface area (Å²) in [5.74, 6) is 0. The van der Waals surface area contributed by atoms with Crippen molar-refractivity contribution in [3.63, 3.8) is 0 Å². The van der Waals surface area contributed by atoms with Crippen molar-refractivity contribution in [2.24, 2.45) is 0 Å². The Labute approximate surface area is 103 Å². The van der Waals surface area contributed by atoms with Crippen LogP contribution >= 0.6 is 0 Å². The highest BCUT2D eigenvalue weighted by atomic mass is 15.4. The van der Waals surface area contributed by atoms with Crippen LogP contribution in [-0.2, 0) is 6.54 Å². The lowest BCUT2D eigenvalue weighted by atomic mass is 10.2. The van der Waals surface area contributed by atoms with Crippen LogP contribution in [0.3, 0.4) is 0 Å². The molecular weight excluding hydrogens is 214 g/mol. The van der Waals surface area contributed by atoms with E-state index in [0.29, 0.717) is 0 Å². The van der Waals surface area contributed by atoms with Crippen LogP contribution in [-0.4, -0.2) is 58.0 Å². The van der Waals surface area contributed by atoms with Crippen molar-refractivity contribution >= 4 is 5.70 Å². The fourth-order valence-corrected chi connectivity index (χ4v) is 2.01. The summed E-state index contributed by atoms with van der Waals surface area (Å²) in [6.07, 6.45) is 3.06. The van der Waals surface area contributed by atoms with E-state index in [1.807, 2.05) is 10.9 Å². The van der Waals surface area contributed by atoms with Gasteiger partial charge in [0.2, 0.25) is 0 Å². The van der Waals surface area contributed by atoms with Gasteiger partial charge < -0.3 is 9.80 Å². The first-order valence-corrected chi connectivity index (χ1v) is 6.23. The zero-order valence-corrected chi connectivity index (χ0v) is 10.8. The molecule has 0 spiro atoms. The van der Waals surface area contributed by atoms with Crippen LogP contribution in [0, 0.1) is 0 Å². The van der Waals surface area contributed by atoms with Crippen molar-refractivity contribution < 1.29 is 0 Å². The normalized spacial score (nSPS) is 17.4. The molecule has 1 aromatic rings. The number of likely N-dealkylation sites (N-methyl/N-ethyl adjacent to an activating group) is 1. The van der Waals surface area contributed by atoms with Gasteiger partial charge in [0.05, 0.1) is 11.9 Å². The Kier molecular flexibility index (Phi) is 3.78. The summed E-state index contributed by atoms with van der Waals surface area (Å²) in [4.78, 5) is 4.62. The number of hydrogen-bond acceptors (Lipinski definition) is 4. The summed E-state index contributed by atoms with van der Waals surface area (Å²) in [6.45, 7) is 11.4. The lowest BCUT2D eigenvalue weighted by Crippen LogP contribution is -2.43. The largest absolute Gasteiger partial charge is 0.368 e. The van der Waals surface area contributed by atoms with E-state index in [1.165, 1.54) is 0 Å². The Hall–Kier alpha value is -1.36. The van der Waals surface area contributed by atoms with Crippen molar-refractivity contribution in [1.29, 1.82) is 0 Å². The first kappa shape index (κ1) is 12.1. The van der Waals surface area contributed by atoms with Gasteiger partial charge in [0, 0.05) is 32.7 Å². The second kappa shape index (κ2) is 5.31. The van der Waals surface area contributed by atoms with Crippen molar-refractivity contribution in [1.82, 2.24) is 24.8 Å². The second-order valence-corrected chi connectivity index (χ2v) is 4.60. The molecule has 2 heterocycles. The van der Waals surface area contributed by atoms with Crippen molar-refractivity contribution in [3.8, 4) is 0 Å². The van der Waals surface area contributed by atoms with E-state index in [2.05, 4.69) is 40.7 Å². The van der Waals surface area contributed by atoms with E-state index in [-0.39, 0.29) is 0 Å². The van der Waals surface area contributed by atoms with Gasteiger partial charge in [0.1, 0.15) is 5.69 Å². The van der Waals surface area contributed by atoms with E-state index in [1.54, 1.807) is 0 Å². The molecule has 0 radical (unpaired) electrons. The average Bonchev–Trinajstić information content (AvgIpc) is 2.78. The molecule has 1 saturated heterocycles. The van der Waals surface area contributed by atoms with Gasteiger partial charge in [0.25, 0.3) is 0 Å². The fraction of sp³-hybridized carbons (Fsp3) is 0.667.